The first-order chi connectivity index (χ1) is 12.7. The van der Waals surface area contributed by atoms with Crippen molar-refractivity contribution in [1.82, 2.24) is 19.7 Å². The molecule has 3 aliphatic heterocycles. The Hall–Kier alpha value is -2.57. The van der Waals surface area contributed by atoms with Crippen molar-refractivity contribution in [1.29, 1.82) is 0 Å². The van der Waals surface area contributed by atoms with E-state index in [2.05, 4.69) is 25.7 Å². The standard InChI is InChI=1S/C19H22N4O3/c1-12-20-21-18-7-5-14(10-23(12)18)19(24)22-8-2-3-15(22)13-4-6-16-17(9-13)26-11-25-16/h4,6,9,14-15H,2-3,5,7-8,10-11H2,1H3/t14-,15-/m1/s1. The van der Waals surface area contributed by atoms with Gasteiger partial charge >= 0.3 is 0 Å². The average molecular weight is 354 g/mol. The zero-order chi connectivity index (χ0) is 17.7. The van der Waals surface area contributed by atoms with Crippen molar-refractivity contribution in [3.63, 3.8) is 0 Å². The maximum absolute atomic E-state index is 13.3. The number of hydrogen-bond donors (Lipinski definition) is 0. The molecule has 0 saturated carbocycles. The molecule has 0 aliphatic carbocycles. The van der Waals surface area contributed by atoms with Crippen molar-refractivity contribution in [2.75, 3.05) is 13.3 Å². The van der Waals surface area contributed by atoms with Crippen molar-refractivity contribution < 1.29 is 14.3 Å². The van der Waals surface area contributed by atoms with E-state index in [1.165, 1.54) is 0 Å². The molecule has 2 aromatic rings. The number of benzene rings is 1. The number of likely N-dealkylation sites (tertiary alicyclic amines) is 1. The Labute approximate surface area is 151 Å². The second kappa shape index (κ2) is 6.00. The average Bonchev–Trinajstić information content (AvgIpc) is 3.40. The predicted molar refractivity (Wildman–Crippen MR) is 92.8 cm³/mol. The van der Waals surface area contributed by atoms with Crippen molar-refractivity contribution in [2.24, 2.45) is 5.92 Å². The highest BCUT2D eigenvalue weighted by atomic mass is 16.7. The first-order valence-corrected chi connectivity index (χ1v) is 9.29. The SMILES string of the molecule is Cc1nnc2n1C[C@H](C(=O)N1CCC[C@@H]1c1ccc3c(c1)OCO3)CC2. The fourth-order valence-corrected chi connectivity index (χ4v) is 4.40. The van der Waals surface area contributed by atoms with Crippen LogP contribution in [0.4, 0.5) is 0 Å². The largest absolute Gasteiger partial charge is 0.454 e. The van der Waals surface area contributed by atoms with Gasteiger partial charge < -0.3 is 18.9 Å². The van der Waals surface area contributed by atoms with Gasteiger partial charge in [0.1, 0.15) is 11.6 Å². The molecule has 5 rings (SSSR count). The Morgan fingerprint density at radius 3 is 3.00 bits per heavy atom. The molecule has 136 valence electrons. The molecule has 0 bridgehead atoms. The van der Waals surface area contributed by atoms with Gasteiger partial charge in [-0.3, -0.25) is 4.79 Å². The van der Waals surface area contributed by atoms with Crippen LogP contribution in [-0.4, -0.2) is 38.9 Å². The molecular formula is C19H22N4O3. The van der Waals surface area contributed by atoms with E-state index in [1.807, 2.05) is 19.1 Å². The molecule has 0 spiro atoms. The van der Waals surface area contributed by atoms with Crippen LogP contribution in [0.15, 0.2) is 18.2 Å². The molecule has 1 saturated heterocycles. The lowest BCUT2D eigenvalue weighted by atomic mass is 9.96. The second-order valence-corrected chi connectivity index (χ2v) is 7.31. The summed E-state index contributed by atoms with van der Waals surface area (Å²) in [6.45, 7) is 3.74. The number of rotatable bonds is 2. The molecule has 1 amide bonds. The van der Waals surface area contributed by atoms with Crippen LogP contribution in [0.5, 0.6) is 11.5 Å². The molecule has 4 heterocycles. The third-order valence-electron chi connectivity index (χ3n) is 5.80. The number of ether oxygens (including phenoxy) is 2. The van der Waals surface area contributed by atoms with Crippen LogP contribution in [0.2, 0.25) is 0 Å². The van der Waals surface area contributed by atoms with Gasteiger partial charge in [-0.05, 0) is 43.9 Å². The van der Waals surface area contributed by atoms with E-state index >= 15 is 0 Å². The smallest absolute Gasteiger partial charge is 0.231 e. The first kappa shape index (κ1) is 15.7. The third-order valence-corrected chi connectivity index (χ3v) is 5.80. The van der Waals surface area contributed by atoms with Gasteiger partial charge in [-0.1, -0.05) is 6.07 Å². The molecule has 0 N–H and O–H groups in total. The van der Waals surface area contributed by atoms with E-state index in [-0.39, 0.29) is 24.7 Å². The number of fused-ring (bicyclic) bond motifs is 2. The van der Waals surface area contributed by atoms with Gasteiger partial charge in [-0.25, -0.2) is 0 Å². The van der Waals surface area contributed by atoms with Gasteiger partial charge in [0.2, 0.25) is 12.7 Å². The van der Waals surface area contributed by atoms with E-state index < -0.39 is 0 Å². The topological polar surface area (TPSA) is 69.5 Å². The summed E-state index contributed by atoms with van der Waals surface area (Å²) in [6, 6.07) is 6.17. The van der Waals surface area contributed by atoms with Gasteiger partial charge in [0.25, 0.3) is 0 Å². The second-order valence-electron chi connectivity index (χ2n) is 7.31. The summed E-state index contributed by atoms with van der Waals surface area (Å²) >= 11 is 0. The highest BCUT2D eigenvalue weighted by Gasteiger charge is 2.36. The fourth-order valence-electron chi connectivity index (χ4n) is 4.40. The van der Waals surface area contributed by atoms with Crippen LogP contribution in [0, 0.1) is 12.8 Å². The van der Waals surface area contributed by atoms with Crippen molar-refractivity contribution >= 4 is 5.91 Å². The van der Waals surface area contributed by atoms with Crippen LogP contribution in [0.3, 0.4) is 0 Å². The van der Waals surface area contributed by atoms with E-state index in [0.717, 1.165) is 60.9 Å². The van der Waals surface area contributed by atoms with Gasteiger partial charge in [0, 0.05) is 19.5 Å². The zero-order valence-electron chi connectivity index (χ0n) is 14.9. The lowest BCUT2D eigenvalue weighted by Crippen LogP contribution is -2.39. The van der Waals surface area contributed by atoms with Crippen molar-refractivity contribution in [3.05, 3.63) is 35.4 Å². The highest BCUT2D eigenvalue weighted by Crippen LogP contribution is 2.40. The molecule has 0 radical (unpaired) electrons. The van der Waals surface area contributed by atoms with Crippen LogP contribution in [0.25, 0.3) is 0 Å². The molecule has 26 heavy (non-hydrogen) atoms. The van der Waals surface area contributed by atoms with Gasteiger partial charge in [-0.2, -0.15) is 0 Å². The Kier molecular flexibility index (Phi) is 3.62. The van der Waals surface area contributed by atoms with Gasteiger partial charge in [-0.15, -0.1) is 10.2 Å². The van der Waals surface area contributed by atoms with Crippen LogP contribution in [0.1, 0.15) is 42.5 Å². The first-order valence-electron chi connectivity index (χ1n) is 9.29. The molecule has 1 fully saturated rings. The molecule has 0 unspecified atom stereocenters. The normalized spacial score (nSPS) is 24.0. The molecule has 7 nitrogen and oxygen atoms in total. The zero-order valence-corrected chi connectivity index (χ0v) is 14.9. The summed E-state index contributed by atoms with van der Waals surface area (Å²) in [5.41, 5.74) is 1.14. The Morgan fingerprint density at radius 2 is 2.08 bits per heavy atom. The van der Waals surface area contributed by atoms with E-state index in [0.29, 0.717) is 6.54 Å². The number of aryl methyl sites for hydroxylation is 2. The lowest BCUT2D eigenvalue weighted by molar-refractivity contribution is -0.137. The third kappa shape index (κ3) is 2.45. The number of aromatic nitrogens is 3. The maximum Gasteiger partial charge on any atom is 0.231 e. The summed E-state index contributed by atoms with van der Waals surface area (Å²) in [4.78, 5) is 15.3. The summed E-state index contributed by atoms with van der Waals surface area (Å²) in [5.74, 6) is 3.72. The van der Waals surface area contributed by atoms with Crippen LogP contribution < -0.4 is 9.47 Å². The van der Waals surface area contributed by atoms with Crippen LogP contribution >= 0.6 is 0 Å². The molecule has 1 aromatic heterocycles. The Bertz CT molecular complexity index is 862. The van der Waals surface area contributed by atoms with E-state index in [9.17, 15) is 4.79 Å². The minimum absolute atomic E-state index is 0.00631. The summed E-state index contributed by atoms with van der Waals surface area (Å²) in [7, 11) is 0. The maximum atomic E-state index is 13.3. The Balaban J connectivity index is 1.37. The minimum atomic E-state index is 0.00631. The quantitative estimate of drug-likeness (QED) is 0.827. The number of amides is 1. The lowest BCUT2D eigenvalue weighted by Gasteiger charge is -2.31. The number of carbonyl (C=O) groups excluding carboxylic acids is 1. The summed E-state index contributed by atoms with van der Waals surface area (Å²) in [5, 5.41) is 8.35. The molecular weight excluding hydrogens is 332 g/mol. The molecule has 1 aromatic carbocycles. The fraction of sp³-hybridized carbons (Fsp3) is 0.526. The monoisotopic (exact) mass is 354 g/mol. The van der Waals surface area contributed by atoms with E-state index in [4.69, 9.17) is 9.47 Å². The highest BCUT2D eigenvalue weighted by molar-refractivity contribution is 5.80. The molecule has 3 aliphatic rings. The number of nitrogens with zero attached hydrogens (tertiary/aromatic N) is 4. The van der Waals surface area contributed by atoms with E-state index in [1.54, 1.807) is 0 Å². The Morgan fingerprint density at radius 1 is 1.19 bits per heavy atom. The summed E-state index contributed by atoms with van der Waals surface area (Å²) < 4.78 is 13.0. The van der Waals surface area contributed by atoms with Crippen molar-refractivity contribution in [3.8, 4) is 11.5 Å². The predicted octanol–water partition coefficient (Wildman–Crippen LogP) is 2.24. The molecule has 2 atom stereocenters. The number of carbonyl (C=O) groups is 1. The van der Waals surface area contributed by atoms with Crippen LogP contribution in [-0.2, 0) is 17.8 Å². The minimum Gasteiger partial charge on any atom is -0.454 e. The number of hydrogen-bond acceptors (Lipinski definition) is 5. The van der Waals surface area contributed by atoms with Gasteiger partial charge in [0.05, 0.1) is 12.0 Å². The molecule has 7 heteroatoms. The van der Waals surface area contributed by atoms with Crippen molar-refractivity contribution in [2.45, 2.75) is 45.2 Å². The van der Waals surface area contributed by atoms with Gasteiger partial charge in [0.15, 0.2) is 11.5 Å². The summed E-state index contributed by atoms with van der Waals surface area (Å²) in [6.07, 6.45) is 3.70.